The highest BCUT2D eigenvalue weighted by Gasteiger charge is 2.09. The SMILES string of the molecule is O=C(NCc1cc(-c2cccc(Cl)c2)no1)c1ccncc1. The molecule has 0 atom stereocenters. The lowest BCUT2D eigenvalue weighted by molar-refractivity contribution is 0.0947. The van der Waals surface area contributed by atoms with Crippen molar-refractivity contribution >= 4 is 17.5 Å². The fourth-order valence-electron chi connectivity index (χ4n) is 1.95. The quantitative estimate of drug-likeness (QED) is 0.802. The van der Waals surface area contributed by atoms with Crippen LogP contribution in [0.1, 0.15) is 16.1 Å². The molecule has 1 amide bonds. The third-order valence-corrected chi connectivity index (χ3v) is 3.28. The van der Waals surface area contributed by atoms with Crippen molar-refractivity contribution in [3.05, 3.63) is 71.2 Å². The first kappa shape index (κ1) is 14.3. The number of carbonyl (C=O) groups is 1. The number of rotatable bonds is 4. The summed E-state index contributed by atoms with van der Waals surface area (Å²) in [5, 5.41) is 7.38. The third-order valence-electron chi connectivity index (χ3n) is 3.05. The van der Waals surface area contributed by atoms with E-state index in [1.165, 1.54) is 0 Å². The molecule has 3 aromatic rings. The Morgan fingerprint density at radius 1 is 1.18 bits per heavy atom. The van der Waals surface area contributed by atoms with Crippen LogP contribution in [0.5, 0.6) is 0 Å². The number of carbonyl (C=O) groups excluding carboxylic acids is 1. The van der Waals surface area contributed by atoms with E-state index in [9.17, 15) is 4.79 Å². The second-order valence-electron chi connectivity index (χ2n) is 4.61. The number of benzene rings is 1. The van der Waals surface area contributed by atoms with Gasteiger partial charge in [0, 0.05) is 34.6 Å². The van der Waals surface area contributed by atoms with Gasteiger partial charge in [0.25, 0.3) is 5.91 Å². The van der Waals surface area contributed by atoms with Crippen LogP contribution in [0, 0.1) is 0 Å². The van der Waals surface area contributed by atoms with E-state index in [1.807, 2.05) is 12.1 Å². The van der Waals surface area contributed by atoms with Gasteiger partial charge in [0.05, 0.1) is 6.54 Å². The second-order valence-corrected chi connectivity index (χ2v) is 5.04. The average molecular weight is 314 g/mol. The van der Waals surface area contributed by atoms with E-state index in [2.05, 4.69) is 15.5 Å². The smallest absolute Gasteiger partial charge is 0.251 e. The Kier molecular flexibility index (Phi) is 4.16. The molecule has 5 nitrogen and oxygen atoms in total. The van der Waals surface area contributed by atoms with Crippen LogP contribution in [-0.2, 0) is 6.54 Å². The number of pyridine rings is 1. The van der Waals surface area contributed by atoms with Gasteiger partial charge in [-0.1, -0.05) is 28.9 Å². The third kappa shape index (κ3) is 3.32. The fraction of sp³-hybridized carbons (Fsp3) is 0.0625. The molecule has 3 rings (SSSR count). The Morgan fingerprint density at radius 2 is 2.00 bits per heavy atom. The molecule has 0 unspecified atom stereocenters. The lowest BCUT2D eigenvalue weighted by Crippen LogP contribution is -2.22. The lowest BCUT2D eigenvalue weighted by Gasteiger charge is -2.01. The van der Waals surface area contributed by atoms with E-state index in [0.29, 0.717) is 22.0 Å². The molecule has 0 bridgehead atoms. The largest absolute Gasteiger partial charge is 0.359 e. The first-order chi connectivity index (χ1) is 10.7. The summed E-state index contributed by atoms with van der Waals surface area (Å²) in [5.41, 5.74) is 2.09. The van der Waals surface area contributed by atoms with E-state index < -0.39 is 0 Å². The van der Waals surface area contributed by atoms with Crippen molar-refractivity contribution in [2.75, 3.05) is 0 Å². The molecule has 0 aliphatic rings. The van der Waals surface area contributed by atoms with Gasteiger partial charge in [-0.15, -0.1) is 0 Å². The lowest BCUT2D eigenvalue weighted by atomic mass is 10.1. The molecule has 2 heterocycles. The summed E-state index contributed by atoms with van der Waals surface area (Å²) in [6.45, 7) is 0.259. The Balaban J connectivity index is 1.66. The van der Waals surface area contributed by atoms with Gasteiger partial charge >= 0.3 is 0 Å². The van der Waals surface area contributed by atoms with Crippen molar-refractivity contribution in [2.45, 2.75) is 6.54 Å². The minimum atomic E-state index is -0.192. The van der Waals surface area contributed by atoms with Crippen molar-refractivity contribution in [3.8, 4) is 11.3 Å². The molecule has 1 aromatic carbocycles. The van der Waals surface area contributed by atoms with Crippen LogP contribution < -0.4 is 5.32 Å². The molecule has 0 radical (unpaired) electrons. The Hall–Kier alpha value is -2.66. The normalized spacial score (nSPS) is 10.4. The summed E-state index contributed by atoms with van der Waals surface area (Å²) in [6.07, 6.45) is 3.14. The van der Waals surface area contributed by atoms with Gasteiger partial charge in [0.1, 0.15) is 5.69 Å². The monoisotopic (exact) mass is 313 g/mol. The van der Waals surface area contributed by atoms with E-state index in [1.54, 1.807) is 42.7 Å². The highest BCUT2D eigenvalue weighted by atomic mass is 35.5. The molecule has 2 aromatic heterocycles. The molecule has 0 aliphatic heterocycles. The summed E-state index contributed by atoms with van der Waals surface area (Å²) in [5.74, 6) is 0.375. The van der Waals surface area contributed by atoms with Crippen LogP contribution in [0.25, 0.3) is 11.3 Å². The van der Waals surface area contributed by atoms with Crippen LogP contribution in [0.15, 0.2) is 59.4 Å². The van der Waals surface area contributed by atoms with Crippen molar-refractivity contribution in [1.82, 2.24) is 15.5 Å². The highest BCUT2D eigenvalue weighted by Crippen LogP contribution is 2.22. The van der Waals surface area contributed by atoms with Crippen LogP contribution >= 0.6 is 11.6 Å². The Morgan fingerprint density at radius 3 is 2.77 bits per heavy atom. The minimum absolute atomic E-state index is 0.192. The maximum atomic E-state index is 11.9. The zero-order valence-corrected chi connectivity index (χ0v) is 12.2. The van der Waals surface area contributed by atoms with Crippen LogP contribution in [-0.4, -0.2) is 16.0 Å². The summed E-state index contributed by atoms with van der Waals surface area (Å²) < 4.78 is 5.23. The van der Waals surface area contributed by atoms with Crippen LogP contribution in [0.3, 0.4) is 0 Å². The maximum Gasteiger partial charge on any atom is 0.251 e. The molecule has 0 fully saturated rings. The van der Waals surface area contributed by atoms with E-state index >= 15 is 0 Å². The predicted molar refractivity (Wildman–Crippen MR) is 82.4 cm³/mol. The van der Waals surface area contributed by atoms with Gasteiger partial charge in [-0.2, -0.15) is 0 Å². The standard InChI is InChI=1S/C16H12ClN3O2/c17-13-3-1-2-12(8-13)15-9-14(22-20-15)10-19-16(21)11-4-6-18-7-5-11/h1-9H,10H2,(H,19,21). The summed E-state index contributed by atoms with van der Waals surface area (Å²) >= 11 is 5.95. The van der Waals surface area contributed by atoms with Gasteiger partial charge in [0.2, 0.25) is 0 Å². The van der Waals surface area contributed by atoms with Crippen molar-refractivity contribution in [1.29, 1.82) is 0 Å². The molecular formula is C16H12ClN3O2. The van der Waals surface area contributed by atoms with Gasteiger partial charge in [0.15, 0.2) is 5.76 Å². The fourth-order valence-corrected chi connectivity index (χ4v) is 2.14. The zero-order chi connectivity index (χ0) is 15.4. The topological polar surface area (TPSA) is 68.0 Å². The van der Waals surface area contributed by atoms with E-state index in [-0.39, 0.29) is 12.5 Å². The Labute approximate surface area is 131 Å². The molecule has 1 N–H and O–H groups in total. The number of nitrogens with one attached hydrogen (secondary N) is 1. The zero-order valence-electron chi connectivity index (χ0n) is 11.5. The maximum absolute atomic E-state index is 11.9. The van der Waals surface area contributed by atoms with Crippen molar-refractivity contribution in [3.63, 3.8) is 0 Å². The van der Waals surface area contributed by atoms with Crippen LogP contribution in [0.4, 0.5) is 0 Å². The van der Waals surface area contributed by atoms with E-state index in [4.69, 9.17) is 16.1 Å². The highest BCUT2D eigenvalue weighted by molar-refractivity contribution is 6.30. The molecule has 22 heavy (non-hydrogen) atoms. The number of halogens is 1. The summed E-state index contributed by atoms with van der Waals surface area (Å²) in [4.78, 5) is 15.8. The van der Waals surface area contributed by atoms with Crippen molar-refractivity contribution in [2.24, 2.45) is 0 Å². The molecule has 110 valence electrons. The molecule has 6 heteroatoms. The van der Waals surface area contributed by atoms with Gasteiger partial charge in [-0.05, 0) is 24.3 Å². The summed E-state index contributed by atoms with van der Waals surface area (Å²) in [7, 11) is 0. The number of nitrogens with zero attached hydrogens (tertiary/aromatic N) is 2. The molecule has 0 saturated heterocycles. The molecule has 0 aliphatic carbocycles. The molecule has 0 saturated carbocycles. The first-order valence-corrected chi connectivity index (χ1v) is 7.00. The summed E-state index contributed by atoms with van der Waals surface area (Å²) in [6, 6.07) is 12.4. The molecule has 0 spiro atoms. The number of hydrogen-bond acceptors (Lipinski definition) is 4. The van der Waals surface area contributed by atoms with Gasteiger partial charge < -0.3 is 9.84 Å². The minimum Gasteiger partial charge on any atom is -0.359 e. The second kappa shape index (κ2) is 6.41. The Bertz CT molecular complexity index is 787. The van der Waals surface area contributed by atoms with Crippen molar-refractivity contribution < 1.29 is 9.32 Å². The van der Waals surface area contributed by atoms with E-state index in [0.717, 1.165) is 5.56 Å². The molecular weight excluding hydrogens is 302 g/mol. The average Bonchev–Trinajstić information content (AvgIpc) is 3.02. The van der Waals surface area contributed by atoms with Gasteiger partial charge in [-0.3, -0.25) is 9.78 Å². The number of aromatic nitrogens is 2. The predicted octanol–water partition coefficient (Wildman–Crippen LogP) is 3.32. The van der Waals surface area contributed by atoms with Gasteiger partial charge in [-0.25, -0.2) is 0 Å². The first-order valence-electron chi connectivity index (χ1n) is 6.62. The number of hydrogen-bond donors (Lipinski definition) is 1. The van der Waals surface area contributed by atoms with Crippen LogP contribution in [0.2, 0.25) is 5.02 Å². The number of amides is 1.